The molecule has 152 valence electrons. The lowest BCUT2D eigenvalue weighted by Crippen LogP contribution is -2.21. The van der Waals surface area contributed by atoms with E-state index >= 15 is 0 Å². The van der Waals surface area contributed by atoms with Gasteiger partial charge in [0.05, 0.1) is 24.3 Å². The zero-order valence-corrected chi connectivity index (χ0v) is 16.0. The molecule has 2 aromatic rings. The van der Waals surface area contributed by atoms with Crippen LogP contribution in [0.25, 0.3) is 0 Å². The molecule has 0 aliphatic carbocycles. The Labute approximate surface area is 167 Å². The van der Waals surface area contributed by atoms with Crippen molar-refractivity contribution in [2.75, 3.05) is 13.7 Å². The van der Waals surface area contributed by atoms with Crippen LogP contribution >= 0.6 is 0 Å². The molecule has 0 aliphatic heterocycles. The number of rotatable bonds is 7. The maximum absolute atomic E-state index is 12.2. The Bertz CT molecular complexity index is 903. The van der Waals surface area contributed by atoms with Gasteiger partial charge in [-0.25, -0.2) is 14.6 Å². The van der Waals surface area contributed by atoms with Gasteiger partial charge in [-0.05, 0) is 48.9 Å². The van der Waals surface area contributed by atoms with Gasteiger partial charge in [-0.2, -0.15) is 0 Å². The molecule has 0 heterocycles. The fourth-order valence-electron chi connectivity index (χ4n) is 2.26. The van der Waals surface area contributed by atoms with E-state index in [0.717, 1.165) is 0 Å². The number of guanidine groups is 1. The number of carbonyl (C=O) groups is 3. The highest BCUT2D eigenvalue weighted by Crippen LogP contribution is 2.22. The number of hydrogen-bond acceptors (Lipinski definition) is 7. The Morgan fingerprint density at radius 3 is 2.17 bits per heavy atom. The van der Waals surface area contributed by atoms with Gasteiger partial charge in [0.15, 0.2) is 12.6 Å². The summed E-state index contributed by atoms with van der Waals surface area (Å²) in [5, 5.41) is 0. The lowest BCUT2D eigenvalue weighted by molar-refractivity contribution is -0.157. The SMILES string of the molecule is COC(=O)COC(=O)C(C)c1ccc(OC(=O)c2ccc(N=C(N)N)cc2)cc1. The van der Waals surface area contributed by atoms with Gasteiger partial charge in [0.2, 0.25) is 0 Å². The predicted octanol–water partition coefficient (Wildman–Crippen LogP) is 1.63. The number of methoxy groups -OCH3 is 1. The maximum atomic E-state index is 12.2. The molecule has 0 aromatic heterocycles. The van der Waals surface area contributed by atoms with Crippen LogP contribution in [0.5, 0.6) is 5.75 Å². The normalized spacial score (nSPS) is 11.1. The van der Waals surface area contributed by atoms with E-state index in [-0.39, 0.29) is 5.96 Å². The Morgan fingerprint density at radius 2 is 1.62 bits per heavy atom. The summed E-state index contributed by atoms with van der Waals surface area (Å²) in [6, 6.07) is 12.6. The van der Waals surface area contributed by atoms with Gasteiger partial charge in [0.1, 0.15) is 5.75 Å². The molecule has 4 N–H and O–H groups in total. The molecule has 9 nitrogen and oxygen atoms in total. The fraction of sp³-hybridized carbons (Fsp3) is 0.200. The van der Waals surface area contributed by atoms with Crippen LogP contribution in [-0.2, 0) is 19.1 Å². The molecule has 9 heteroatoms. The Morgan fingerprint density at radius 1 is 1.00 bits per heavy atom. The van der Waals surface area contributed by atoms with Gasteiger partial charge in [-0.3, -0.25) is 4.79 Å². The first-order valence-corrected chi connectivity index (χ1v) is 8.55. The zero-order valence-electron chi connectivity index (χ0n) is 16.0. The van der Waals surface area contributed by atoms with E-state index in [2.05, 4.69) is 9.73 Å². The van der Waals surface area contributed by atoms with Crippen molar-refractivity contribution in [2.24, 2.45) is 16.5 Å². The maximum Gasteiger partial charge on any atom is 0.344 e. The van der Waals surface area contributed by atoms with Crippen LogP contribution < -0.4 is 16.2 Å². The Balaban J connectivity index is 1.97. The smallest absolute Gasteiger partial charge is 0.344 e. The lowest BCUT2D eigenvalue weighted by Gasteiger charge is -2.12. The van der Waals surface area contributed by atoms with Crippen molar-refractivity contribution in [1.29, 1.82) is 0 Å². The molecule has 29 heavy (non-hydrogen) atoms. The minimum atomic E-state index is -0.640. The molecular formula is C20H21N3O6. The monoisotopic (exact) mass is 399 g/mol. The van der Waals surface area contributed by atoms with E-state index in [1.54, 1.807) is 43.3 Å². The standard InChI is InChI=1S/C20H21N3O6/c1-12(18(25)28-11-17(24)27-2)13-5-9-16(10-6-13)29-19(26)14-3-7-15(8-4-14)23-20(21)22/h3-10,12H,11H2,1-2H3,(H4,21,22,23). The molecular weight excluding hydrogens is 378 g/mol. The van der Waals surface area contributed by atoms with E-state index in [4.69, 9.17) is 20.9 Å². The Hall–Kier alpha value is -3.88. The van der Waals surface area contributed by atoms with Crippen LogP contribution in [0, 0.1) is 0 Å². The van der Waals surface area contributed by atoms with Crippen molar-refractivity contribution in [3.63, 3.8) is 0 Å². The van der Waals surface area contributed by atoms with Gasteiger partial charge in [0, 0.05) is 0 Å². The number of benzene rings is 2. The van der Waals surface area contributed by atoms with Crippen LogP contribution in [0.2, 0.25) is 0 Å². The third-order valence-corrected chi connectivity index (χ3v) is 3.87. The highest BCUT2D eigenvalue weighted by molar-refractivity contribution is 5.91. The van der Waals surface area contributed by atoms with Crippen molar-refractivity contribution in [1.82, 2.24) is 0 Å². The highest BCUT2D eigenvalue weighted by Gasteiger charge is 2.18. The Kier molecular flexibility index (Phi) is 7.30. The van der Waals surface area contributed by atoms with Crippen molar-refractivity contribution in [2.45, 2.75) is 12.8 Å². The molecule has 2 aromatic carbocycles. The first-order chi connectivity index (χ1) is 13.8. The second kappa shape index (κ2) is 9.88. The minimum Gasteiger partial charge on any atom is -0.466 e. The predicted molar refractivity (Wildman–Crippen MR) is 105 cm³/mol. The number of nitrogens with two attached hydrogens (primary N) is 2. The van der Waals surface area contributed by atoms with Gasteiger partial charge in [-0.15, -0.1) is 0 Å². The second-order valence-electron chi connectivity index (χ2n) is 5.95. The van der Waals surface area contributed by atoms with Crippen LogP contribution in [0.3, 0.4) is 0 Å². The lowest BCUT2D eigenvalue weighted by atomic mass is 10.0. The van der Waals surface area contributed by atoms with Gasteiger partial charge in [0.25, 0.3) is 0 Å². The molecule has 0 fully saturated rings. The fourth-order valence-corrected chi connectivity index (χ4v) is 2.26. The summed E-state index contributed by atoms with van der Waals surface area (Å²) in [5.74, 6) is -2.14. The van der Waals surface area contributed by atoms with Gasteiger partial charge >= 0.3 is 17.9 Å². The van der Waals surface area contributed by atoms with E-state index in [9.17, 15) is 14.4 Å². The summed E-state index contributed by atoms with van der Waals surface area (Å²) in [5.41, 5.74) is 12.1. The van der Waals surface area contributed by atoms with Crippen molar-refractivity contribution in [3.8, 4) is 5.75 Å². The first kappa shape index (κ1) is 21.4. The van der Waals surface area contributed by atoms with Crippen molar-refractivity contribution >= 4 is 29.6 Å². The van der Waals surface area contributed by atoms with Crippen LogP contribution in [0.15, 0.2) is 53.5 Å². The van der Waals surface area contributed by atoms with E-state index in [1.807, 2.05) is 0 Å². The number of aliphatic imine (C=N–C) groups is 1. The molecule has 1 unspecified atom stereocenters. The van der Waals surface area contributed by atoms with Crippen LogP contribution in [-0.4, -0.2) is 37.6 Å². The number of esters is 3. The van der Waals surface area contributed by atoms with E-state index in [1.165, 1.54) is 19.2 Å². The molecule has 0 amide bonds. The van der Waals surface area contributed by atoms with Crippen molar-refractivity contribution in [3.05, 3.63) is 59.7 Å². The van der Waals surface area contributed by atoms with E-state index < -0.39 is 30.4 Å². The van der Waals surface area contributed by atoms with Crippen molar-refractivity contribution < 1.29 is 28.6 Å². The largest absolute Gasteiger partial charge is 0.466 e. The summed E-state index contributed by atoms with van der Waals surface area (Å²) in [6.07, 6.45) is 0. The molecule has 2 rings (SSSR count). The second-order valence-corrected chi connectivity index (χ2v) is 5.95. The average molecular weight is 399 g/mol. The summed E-state index contributed by atoms with van der Waals surface area (Å²) in [4.78, 5) is 39.1. The topological polar surface area (TPSA) is 143 Å². The van der Waals surface area contributed by atoms with E-state index in [0.29, 0.717) is 22.6 Å². The molecule has 0 spiro atoms. The number of hydrogen-bond donors (Lipinski definition) is 2. The molecule has 0 saturated heterocycles. The molecule has 0 radical (unpaired) electrons. The van der Waals surface area contributed by atoms with Crippen LogP contribution in [0.4, 0.5) is 5.69 Å². The summed E-state index contributed by atoms with van der Waals surface area (Å²) in [6.45, 7) is 1.19. The number of carbonyl (C=O) groups excluding carboxylic acids is 3. The number of ether oxygens (including phenoxy) is 3. The quantitative estimate of drug-likeness (QED) is 0.309. The van der Waals surface area contributed by atoms with Gasteiger partial charge < -0.3 is 25.7 Å². The third-order valence-electron chi connectivity index (χ3n) is 3.87. The summed E-state index contributed by atoms with van der Waals surface area (Å²) < 4.78 is 14.6. The summed E-state index contributed by atoms with van der Waals surface area (Å²) in [7, 11) is 1.21. The van der Waals surface area contributed by atoms with Gasteiger partial charge in [-0.1, -0.05) is 12.1 Å². The summed E-state index contributed by atoms with van der Waals surface area (Å²) >= 11 is 0. The van der Waals surface area contributed by atoms with Crippen LogP contribution in [0.1, 0.15) is 28.8 Å². The third kappa shape index (κ3) is 6.35. The zero-order chi connectivity index (χ0) is 21.4. The molecule has 1 atom stereocenters. The molecule has 0 saturated carbocycles. The molecule has 0 aliphatic rings. The first-order valence-electron chi connectivity index (χ1n) is 8.55. The minimum absolute atomic E-state index is 0.0798. The molecule has 0 bridgehead atoms. The highest BCUT2D eigenvalue weighted by atomic mass is 16.6. The number of nitrogens with zero attached hydrogens (tertiary/aromatic N) is 1. The average Bonchev–Trinajstić information content (AvgIpc) is 2.71.